The first kappa shape index (κ1) is 23.9. The summed E-state index contributed by atoms with van der Waals surface area (Å²) in [4.78, 5) is 7.11. The average Bonchev–Trinajstić information content (AvgIpc) is 3.30. The molecule has 6 heteroatoms. The summed E-state index contributed by atoms with van der Waals surface area (Å²) in [5.74, 6) is 2.31. The summed E-state index contributed by atoms with van der Waals surface area (Å²) in [6.45, 7) is 12.0. The van der Waals surface area contributed by atoms with E-state index in [4.69, 9.17) is 9.73 Å². The zero-order valence-electron chi connectivity index (χ0n) is 16.5. The molecule has 0 aliphatic heterocycles. The first-order chi connectivity index (χ1) is 11.0. The van der Waals surface area contributed by atoms with Gasteiger partial charge in [0.2, 0.25) is 0 Å². The van der Waals surface area contributed by atoms with Crippen LogP contribution in [0.5, 0.6) is 0 Å². The predicted molar refractivity (Wildman–Crippen MR) is 114 cm³/mol. The molecule has 2 unspecified atom stereocenters. The lowest BCUT2D eigenvalue weighted by Crippen LogP contribution is -2.41. The number of ether oxygens (including phenoxy) is 1. The van der Waals surface area contributed by atoms with Gasteiger partial charge in [0.1, 0.15) is 0 Å². The molecule has 144 valence electrons. The molecule has 5 nitrogen and oxygen atoms in total. The van der Waals surface area contributed by atoms with Gasteiger partial charge in [0.05, 0.1) is 12.6 Å². The Labute approximate surface area is 166 Å². The highest BCUT2D eigenvalue weighted by atomic mass is 127. The Bertz CT molecular complexity index is 344. The standard InChI is InChI=1S/C18H38N4O.HI/c1-7-19-18(20-12-11-17(14(3)4)23-8-2)21-13-16(22(5)6)15-9-10-15;/h14-17H,7-13H2,1-6H3,(H2,19,20,21);1H. The Morgan fingerprint density at radius 3 is 2.33 bits per heavy atom. The van der Waals surface area contributed by atoms with Crippen LogP contribution in [0.1, 0.15) is 47.0 Å². The largest absolute Gasteiger partial charge is 0.378 e. The van der Waals surface area contributed by atoms with Crippen LogP contribution in [-0.4, -0.2) is 63.3 Å². The van der Waals surface area contributed by atoms with Crippen LogP contribution in [0, 0.1) is 11.8 Å². The van der Waals surface area contributed by atoms with Crippen molar-refractivity contribution in [2.24, 2.45) is 16.8 Å². The lowest BCUT2D eigenvalue weighted by molar-refractivity contribution is 0.0258. The SMILES string of the molecule is CCNC(=NCC(C1CC1)N(C)C)NCCC(OCC)C(C)C.I. The van der Waals surface area contributed by atoms with Crippen LogP contribution < -0.4 is 10.6 Å². The number of nitrogens with zero attached hydrogens (tertiary/aromatic N) is 2. The third-order valence-electron chi connectivity index (χ3n) is 4.46. The van der Waals surface area contributed by atoms with Crippen molar-refractivity contribution in [1.82, 2.24) is 15.5 Å². The van der Waals surface area contributed by atoms with E-state index in [1.165, 1.54) is 12.8 Å². The van der Waals surface area contributed by atoms with Gasteiger partial charge in [-0.25, -0.2) is 0 Å². The van der Waals surface area contributed by atoms with Crippen molar-refractivity contribution in [3.8, 4) is 0 Å². The van der Waals surface area contributed by atoms with E-state index < -0.39 is 0 Å². The minimum Gasteiger partial charge on any atom is -0.378 e. The molecular formula is C18H39IN4O. The molecule has 1 saturated carbocycles. The number of hydrogen-bond acceptors (Lipinski definition) is 3. The Hall–Kier alpha value is -0.0800. The zero-order chi connectivity index (χ0) is 17.2. The van der Waals surface area contributed by atoms with Gasteiger partial charge in [0.15, 0.2) is 5.96 Å². The summed E-state index contributed by atoms with van der Waals surface area (Å²) in [7, 11) is 4.32. The average molecular weight is 454 g/mol. The lowest BCUT2D eigenvalue weighted by atomic mass is 10.0. The van der Waals surface area contributed by atoms with Crippen LogP contribution in [0.15, 0.2) is 4.99 Å². The quantitative estimate of drug-likeness (QED) is 0.286. The van der Waals surface area contributed by atoms with Crippen molar-refractivity contribution in [3.05, 3.63) is 0 Å². The van der Waals surface area contributed by atoms with Crippen molar-refractivity contribution in [2.45, 2.75) is 59.1 Å². The van der Waals surface area contributed by atoms with E-state index >= 15 is 0 Å². The van der Waals surface area contributed by atoms with Crippen LogP contribution in [-0.2, 0) is 4.74 Å². The Kier molecular flexibility index (Phi) is 13.1. The molecular weight excluding hydrogens is 415 g/mol. The smallest absolute Gasteiger partial charge is 0.191 e. The highest BCUT2D eigenvalue weighted by Crippen LogP contribution is 2.34. The van der Waals surface area contributed by atoms with Crippen molar-refractivity contribution >= 4 is 29.9 Å². The summed E-state index contributed by atoms with van der Waals surface area (Å²) in [5.41, 5.74) is 0. The van der Waals surface area contributed by atoms with Crippen molar-refractivity contribution in [2.75, 3.05) is 40.3 Å². The minimum absolute atomic E-state index is 0. The fraction of sp³-hybridized carbons (Fsp3) is 0.944. The predicted octanol–water partition coefficient (Wildman–Crippen LogP) is 2.95. The monoisotopic (exact) mass is 454 g/mol. The number of likely N-dealkylation sites (N-methyl/N-ethyl adjacent to an activating group) is 1. The second kappa shape index (κ2) is 13.2. The van der Waals surface area contributed by atoms with E-state index in [0.29, 0.717) is 18.1 Å². The molecule has 0 bridgehead atoms. The number of nitrogens with one attached hydrogen (secondary N) is 2. The zero-order valence-corrected chi connectivity index (χ0v) is 18.8. The Morgan fingerprint density at radius 1 is 1.21 bits per heavy atom. The number of halogens is 1. The first-order valence-corrected chi connectivity index (χ1v) is 9.29. The molecule has 24 heavy (non-hydrogen) atoms. The molecule has 1 rings (SSSR count). The molecule has 2 atom stereocenters. The maximum Gasteiger partial charge on any atom is 0.191 e. The van der Waals surface area contributed by atoms with Gasteiger partial charge in [-0.1, -0.05) is 13.8 Å². The molecule has 2 N–H and O–H groups in total. The molecule has 0 heterocycles. The van der Waals surface area contributed by atoms with Gasteiger partial charge in [0.25, 0.3) is 0 Å². The third kappa shape index (κ3) is 9.42. The summed E-state index contributed by atoms with van der Waals surface area (Å²) in [5, 5.41) is 6.81. The van der Waals surface area contributed by atoms with Crippen LogP contribution >= 0.6 is 24.0 Å². The molecule has 0 radical (unpaired) electrons. The van der Waals surface area contributed by atoms with E-state index in [1.807, 2.05) is 0 Å². The van der Waals surface area contributed by atoms with Gasteiger partial charge in [-0.3, -0.25) is 4.99 Å². The molecule has 0 amide bonds. The van der Waals surface area contributed by atoms with Crippen LogP contribution in [0.3, 0.4) is 0 Å². The highest BCUT2D eigenvalue weighted by Gasteiger charge is 2.32. The Balaban J connectivity index is 0.00000529. The number of hydrogen-bond donors (Lipinski definition) is 2. The molecule has 1 aliphatic rings. The van der Waals surface area contributed by atoms with Gasteiger partial charge < -0.3 is 20.3 Å². The van der Waals surface area contributed by atoms with Crippen molar-refractivity contribution in [1.29, 1.82) is 0 Å². The summed E-state index contributed by atoms with van der Waals surface area (Å²) in [6.07, 6.45) is 4.03. The van der Waals surface area contributed by atoms with E-state index in [1.54, 1.807) is 0 Å². The van der Waals surface area contributed by atoms with Crippen molar-refractivity contribution < 1.29 is 4.74 Å². The van der Waals surface area contributed by atoms with Crippen LogP contribution in [0.2, 0.25) is 0 Å². The fourth-order valence-corrected chi connectivity index (χ4v) is 2.90. The van der Waals surface area contributed by atoms with Gasteiger partial charge in [0, 0.05) is 25.7 Å². The summed E-state index contributed by atoms with van der Waals surface area (Å²) < 4.78 is 5.81. The molecule has 0 aromatic rings. The number of aliphatic imine (C=N–C) groups is 1. The topological polar surface area (TPSA) is 48.9 Å². The third-order valence-corrected chi connectivity index (χ3v) is 4.46. The Morgan fingerprint density at radius 2 is 1.88 bits per heavy atom. The van der Waals surface area contributed by atoms with Crippen LogP contribution in [0.4, 0.5) is 0 Å². The molecule has 0 aromatic carbocycles. The molecule has 0 spiro atoms. The molecule has 1 aliphatic carbocycles. The summed E-state index contributed by atoms with van der Waals surface area (Å²) in [6, 6.07) is 0.567. The molecule has 0 aromatic heterocycles. The number of guanidine groups is 1. The van der Waals surface area contributed by atoms with Gasteiger partial charge in [-0.2, -0.15) is 0 Å². The highest BCUT2D eigenvalue weighted by molar-refractivity contribution is 14.0. The molecule has 1 fully saturated rings. The number of rotatable bonds is 11. The van der Waals surface area contributed by atoms with Crippen molar-refractivity contribution in [3.63, 3.8) is 0 Å². The molecule has 0 saturated heterocycles. The van der Waals surface area contributed by atoms with E-state index in [2.05, 4.69) is 57.3 Å². The van der Waals surface area contributed by atoms with Gasteiger partial charge >= 0.3 is 0 Å². The maximum absolute atomic E-state index is 5.81. The lowest BCUT2D eigenvalue weighted by Gasteiger charge is -2.23. The fourth-order valence-electron chi connectivity index (χ4n) is 2.90. The minimum atomic E-state index is 0. The van der Waals surface area contributed by atoms with Gasteiger partial charge in [-0.05, 0) is 59.0 Å². The van der Waals surface area contributed by atoms with Gasteiger partial charge in [-0.15, -0.1) is 24.0 Å². The normalized spacial score (nSPS) is 17.6. The second-order valence-corrected chi connectivity index (χ2v) is 7.04. The van der Waals surface area contributed by atoms with E-state index in [-0.39, 0.29) is 24.0 Å². The first-order valence-electron chi connectivity index (χ1n) is 9.29. The van der Waals surface area contributed by atoms with E-state index in [9.17, 15) is 0 Å². The van der Waals surface area contributed by atoms with E-state index in [0.717, 1.165) is 44.5 Å². The second-order valence-electron chi connectivity index (χ2n) is 7.04. The summed E-state index contributed by atoms with van der Waals surface area (Å²) >= 11 is 0. The van der Waals surface area contributed by atoms with Crippen LogP contribution in [0.25, 0.3) is 0 Å². The maximum atomic E-state index is 5.81.